The Balaban J connectivity index is 1.65. The van der Waals surface area contributed by atoms with Crippen LogP contribution in [0.1, 0.15) is 38.7 Å². The minimum atomic E-state index is -0.343. The van der Waals surface area contributed by atoms with Crippen molar-refractivity contribution in [3.8, 4) is 0 Å². The summed E-state index contributed by atoms with van der Waals surface area (Å²) >= 11 is 0. The van der Waals surface area contributed by atoms with Gasteiger partial charge in [0.15, 0.2) is 5.79 Å². The molecule has 19 heavy (non-hydrogen) atoms. The summed E-state index contributed by atoms with van der Waals surface area (Å²) in [5.41, 5.74) is 1.21. The van der Waals surface area contributed by atoms with Crippen LogP contribution in [0.15, 0.2) is 30.3 Å². The summed E-state index contributed by atoms with van der Waals surface area (Å²) in [6.07, 6.45) is 2.89. The zero-order chi connectivity index (χ0) is 13.6. The van der Waals surface area contributed by atoms with Gasteiger partial charge < -0.3 is 14.2 Å². The highest BCUT2D eigenvalue weighted by Gasteiger charge is 2.37. The average Bonchev–Trinajstić information content (AvgIpc) is 2.89. The van der Waals surface area contributed by atoms with Gasteiger partial charge in [0.25, 0.3) is 0 Å². The molecule has 1 aromatic rings. The molecule has 1 aromatic carbocycles. The number of benzene rings is 1. The molecule has 1 atom stereocenters. The van der Waals surface area contributed by atoms with Gasteiger partial charge >= 0.3 is 0 Å². The summed E-state index contributed by atoms with van der Waals surface area (Å²) < 4.78 is 17.5. The minimum Gasteiger partial charge on any atom is -0.377 e. The third kappa shape index (κ3) is 4.03. The molecule has 2 rings (SSSR count). The van der Waals surface area contributed by atoms with Gasteiger partial charge in [-0.05, 0) is 24.8 Å². The molecule has 3 heteroatoms. The molecule has 0 N–H and O–H groups in total. The first-order valence-corrected chi connectivity index (χ1v) is 7.21. The minimum absolute atomic E-state index is 0.177. The van der Waals surface area contributed by atoms with Gasteiger partial charge in [-0.15, -0.1) is 0 Å². The van der Waals surface area contributed by atoms with Gasteiger partial charge in [-0.25, -0.2) is 0 Å². The van der Waals surface area contributed by atoms with Crippen molar-refractivity contribution in [2.75, 3.05) is 13.2 Å². The van der Waals surface area contributed by atoms with Crippen LogP contribution >= 0.6 is 0 Å². The molecule has 0 unspecified atom stereocenters. The Bertz CT molecular complexity index is 360. The topological polar surface area (TPSA) is 27.7 Å². The van der Waals surface area contributed by atoms with E-state index >= 15 is 0 Å². The first kappa shape index (κ1) is 14.5. The SMILES string of the molecule is CCC1(CC)OC[C@H](CCOCc2ccccc2)O1. The maximum absolute atomic E-state index is 6.00. The van der Waals surface area contributed by atoms with Crippen molar-refractivity contribution in [2.45, 2.75) is 51.6 Å². The molecule has 1 heterocycles. The van der Waals surface area contributed by atoms with Crippen molar-refractivity contribution in [3.63, 3.8) is 0 Å². The standard InChI is InChI=1S/C16H24O3/c1-3-16(4-2)18-13-15(19-16)10-11-17-12-14-8-6-5-7-9-14/h5-9,15H,3-4,10-13H2,1-2H3/t15-/m0/s1. The molecule has 0 bridgehead atoms. The van der Waals surface area contributed by atoms with E-state index in [0.717, 1.165) is 19.3 Å². The fourth-order valence-electron chi connectivity index (χ4n) is 2.36. The smallest absolute Gasteiger partial charge is 0.168 e. The quantitative estimate of drug-likeness (QED) is 0.705. The van der Waals surface area contributed by atoms with Crippen LogP contribution in [-0.4, -0.2) is 25.1 Å². The second kappa shape index (κ2) is 7.04. The van der Waals surface area contributed by atoms with Crippen LogP contribution in [0.25, 0.3) is 0 Å². The van der Waals surface area contributed by atoms with Crippen molar-refractivity contribution in [1.82, 2.24) is 0 Å². The number of hydrogen-bond acceptors (Lipinski definition) is 3. The maximum atomic E-state index is 6.00. The highest BCUT2D eigenvalue weighted by molar-refractivity contribution is 5.13. The van der Waals surface area contributed by atoms with E-state index in [1.165, 1.54) is 5.56 Å². The van der Waals surface area contributed by atoms with Crippen LogP contribution in [0.2, 0.25) is 0 Å². The zero-order valence-corrected chi connectivity index (χ0v) is 11.9. The van der Waals surface area contributed by atoms with E-state index in [0.29, 0.717) is 19.8 Å². The third-order valence-corrected chi connectivity index (χ3v) is 3.69. The molecule has 0 spiro atoms. The molecule has 3 nitrogen and oxygen atoms in total. The van der Waals surface area contributed by atoms with Crippen molar-refractivity contribution in [2.24, 2.45) is 0 Å². The largest absolute Gasteiger partial charge is 0.377 e. The van der Waals surface area contributed by atoms with Crippen LogP contribution in [0, 0.1) is 0 Å². The molecule has 106 valence electrons. The molecule has 1 saturated heterocycles. The Morgan fingerprint density at radius 1 is 1.21 bits per heavy atom. The Hall–Kier alpha value is -0.900. The van der Waals surface area contributed by atoms with Gasteiger partial charge in [-0.3, -0.25) is 0 Å². The van der Waals surface area contributed by atoms with E-state index < -0.39 is 0 Å². The van der Waals surface area contributed by atoms with Gasteiger partial charge in [0, 0.05) is 6.61 Å². The highest BCUT2D eigenvalue weighted by Crippen LogP contribution is 2.31. The number of rotatable bonds is 7. The first-order chi connectivity index (χ1) is 9.28. The van der Waals surface area contributed by atoms with Gasteiger partial charge in [0.05, 0.1) is 19.3 Å². The van der Waals surface area contributed by atoms with Crippen LogP contribution in [0.3, 0.4) is 0 Å². The lowest BCUT2D eigenvalue weighted by Crippen LogP contribution is -2.29. The van der Waals surface area contributed by atoms with E-state index in [9.17, 15) is 0 Å². The first-order valence-electron chi connectivity index (χ1n) is 7.21. The Morgan fingerprint density at radius 2 is 1.95 bits per heavy atom. The lowest BCUT2D eigenvalue weighted by Gasteiger charge is -2.24. The van der Waals surface area contributed by atoms with Gasteiger partial charge in [-0.1, -0.05) is 44.2 Å². The van der Waals surface area contributed by atoms with Crippen molar-refractivity contribution in [3.05, 3.63) is 35.9 Å². The second-order valence-corrected chi connectivity index (χ2v) is 5.00. The molecule has 1 aliphatic heterocycles. The fraction of sp³-hybridized carbons (Fsp3) is 0.625. The van der Waals surface area contributed by atoms with E-state index in [1.54, 1.807) is 0 Å². The van der Waals surface area contributed by atoms with E-state index in [-0.39, 0.29) is 11.9 Å². The summed E-state index contributed by atoms with van der Waals surface area (Å²) in [5, 5.41) is 0. The predicted octanol–water partition coefficient (Wildman–Crippen LogP) is 3.53. The summed E-state index contributed by atoms with van der Waals surface area (Å²) in [4.78, 5) is 0. The molecule has 0 aliphatic carbocycles. The third-order valence-electron chi connectivity index (χ3n) is 3.69. The van der Waals surface area contributed by atoms with Crippen molar-refractivity contribution >= 4 is 0 Å². The number of hydrogen-bond donors (Lipinski definition) is 0. The van der Waals surface area contributed by atoms with E-state index in [1.807, 2.05) is 18.2 Å². The number of ether oxygens (including phenoxy) is 3. The van der Waals surface area contributed by atoms with Crippen LogP contribution in [0.4, 0.5) is 0 Å². The molecule has 1 aliphatic rings. The van der Waals surface area contributed by atoms with Crippen LogP contribution in [0.5, 0.6) is 0 Å². The molecule has 0 aromatic heterocycles. The van der Waals surface area contributed by atoms with E-state index in [2.05, 4.69) is 26.0 Å². The summed E-state index contributed by atoms with van der Waals surface area (Å²) in [5.74, 6) is -0.343. The summed E-state index contributed by atoms with van der Waals surface area (Å²) in [6.45, 7) is 6.29. The lowest BCUT2D eigenvalue weighted by molar-refractivity contribution is -0.173. The molecule has 0 saturated carbocycles. The average molecular weight is 264 g/mol. The Labute approximate surface area is 115 Å². The lowest BCUT2D eigenvalue weighted by atomic mass is 10.1. The monoisotopic (exact) mass is 264 g/mol. The summed E-state index contributed by atoms with van der Waals surface area (Å²) in [7, 11) is 0. The fourth-order valence-corrected chi connectivity index (χ4v) is 2.36. The molecular weight excluding hydrogens is 240 g/mol. The Kier molecular flexibility index (Phi) is 5.37. The summed E-state index contributed by atoms with van der Waals surface area (Å²) in [6, 6.07) is 10.2. The maximum Gasteiger partial charge on any atom is 0.168 e. The Morgan fingerprint density at radius 3 is 2.58 bits per heavy atom. The van der Waals surface area contributed by atoms with Crippen molar-refractivity contribution < 1.29 is 14.2 Å². The zero-order valence-electron chi connectivity index (χ0n) is 11.9. The highest BCUT2D eigenvalue weighted by atomic mass is 16.7. The van der Waals surface area contributed by atoms with Gasteiger partial charge in [0.1, 0.15) is 0 Å². The van der Waals surface area contributed by atoms with Gasteiger partial charge in [-0.2, -0.15) is 0 Å². The van der Waals surface area contributed by atoms with Crippen molar-refractivity contribution in [1.29, 1.82) is 0 Å². The molecule has 0 amide bonds. The van der Waals surface area contributed by atoms with Crippen LogP contribution in [-0.2, 0) is 20.8 Å². The van der Waals surface area contributed by atoms with Gasteiger partial charge in [0.2, 0.25) is 0 Å². The molecule has 0 radical (unpaired) electrons. The molecule has 1 fully saturated rings. The predicted molar refractivity (Wildman–Crippen MR) is 74.9 cm³/mol. The van der Waals surface area contributed by atoms with E-state index in [4.69, 9.17) is 14.2 Å². The molecular formula is C16H24O3. The second-order valence-electron chi connectivity index (χ2n) is 5.00. The van der Waals surface area contributed by atoms with Crippen LogP contribution < -0.4 is 0 Å². The normalized spacial score (nSPS) is 21.7.